The van der Waals surface area contributed by atoms with E-state index < -0.39 is 0 Å². The number of ether oxygens (including phenoxy) is 1. The quantitative estimate of drug-likeness (QED) is 0.191. The van der Waals surface area contributed by atoms with Gasteiger partial charge in [0, 0.05) is 32.2 Å². The monoisotopic (exact) mass is 625 g/mol. The standard InChI is InChI=1S/C41H39NO3S/c1-40(2,3)27-15-13-26(14-16-27)25-45-30-21-23-31(24-22-30)46-35-12-8-10-33-37(35)39(44)32-9-7-11-34(36(32)38(33)43)42-29-19-17-28(18-20-29)41(4,5)6/h7-24,42H,25H2,1-6H3. The van der Waals surface area contributed by atoms with E-state index in [0.717, 1.165) is 26.8 Å². The van der Waals surface area contributed by atoms with Crippen molar-refractivity contribution in [1.82, 2.24) is 0 Å². The summed E-state index contributed by atoms with van der Waals surface area (Å²) in [5.41, 5.74) is 7.00. The number of rotatable bonds is 7. The molecule has 0 aromatic heterocycles. The molecule has 0 saturated carbocycles. The van der Waals surface area contributed by atoms with Gasteiger partial charge in [0.05, 0.1) is 11.3 Å². The van der Waals surface area contributed by atoms with Crippen LogP contribution in [0, 0.1) is 0 Å². The molecule has 0 radical (unpaired) electrons. The zero-order valence-corrected chi connectivity index (χ0v) is 28.0. The SMILES string of the molecule is CC(C)(C)c1ccc(COc2ccc(Sc3cccc4c3C(=O)c3cccc(Nc5ccc(C(C)(C)C)cc5)c3C4=O)cc2)cc1. The van der Waals surface area contributed by atoms with E-state index >= 15 is 0 Å². The van der Waals surface area contributed by atoms with Crippen molar-refractivity contribution in [3.8, 4) is 5.75 Å². The molecule has 0 atom stereocenters. The molecular formula is C41H39NO3S. The van der Waals surface area contributed by atoms with Crippen molar-refractivity contribution >= 4 is 34.7 Å². The number of nitrogens with one attached hydrogen (secondary N) is 1. The molecule has 0 spiro atoms. The summed E-state index contributed by atoms with van der Waals surface area (Å²) in [5.74, 6) is 0.477. The smallest absolute Gasteiger partial charge is 0.196 e. The Morgan fingerprint density at radius 3 is 1.76 bits per heavy atom. The van der Waals surface area contributed by atoms with Crippen LogP contribution >= 0.6 is 11.8 Å². The lowest BCUT2D eigenvalue weighted by atomic mass is 9.83. The zero-order chi connectivity index (χ0) is 32.6. The number of carbonyl (C=O) groups is 2. The van der Waals surface area contributed by atoms with Crippen molar-refractivity contribution in [2.45, 2.75) is 68.8 Å². The van der Waals surface area contributed by atoms with Gasteiger partial charge in [-0.05, 0) is 76.1 Å². The molecule has 5 aromatic carbocycles. The summed E-state index contributed by atoms with van der Waals surface area (Å²) in [5, 5.41) is 3.39. The van der Waals surface area contributed by atoms with E-state index in [1.165, 1.54) is 22.9 Å². The Hall–Kier alpha value is -4.61. The van der Waals surface area contributed by atoms with Crippen LogP contribution in [0.25, 0.3) is 0 Å². The molecule has 0 saturated heterocycles. The lowest BCUT2D eigenvalue weighted by molar-refractivity contribution is 0.0977. The van der Waals surface area contributed by atoms with Gasteiger partial charge in [0.2, 0.25) is 0 Å². The first-order valence-corrected chi connectivity index (χ1v) is 16.4. The highest BCUT2D eigenvalue weighted by Gasteiger charge is 2.33. The predicted molar refractivity (Wildman–Crippen MR) is 188 cm³/mol. The minimum absolute atomic E-state index is 0.0431. The highest BCUT2D eigenvalue weighted by Crippen LogP contribution is 2.40. The van der Waals surface area contributed by atoms with Crippen LogP contribution in [0.2, 0.25) is 0 Å². The Morgan fingerprint density at radius 1 is 0.609 bits per heavy atom. The van der Waals surface area contributed by atoms with Gasteiger partial charge in [-0.2, -0.15) is 0 Å². The molecule has 0 aliphatic heterocycles. The fourth-order valence-electron chi connectivity index (χ4n) is 5.61. The maximum Gasteiger partial charge on any atom is 0.196 e. The number of hydrogen-bond donors (Lipinski definition) is 1. The summed E-state index contributed by atoms with van der Waals surface area (Å²) in [4.78, 5) is 29.6. The molecule has 1 aliphatic rings. The molecule has 5 aromatic rings. The van der Waals surface area contributed by atoms with Crippen LogP contribution in [-0.4, -0.2) is 11.6 Å². The van der Waals surface area contributed by atoms with E-state index in [2.05, 4.69) is 83.3 Å². The van der Waals surface area contributed by atoms with Crippen molar-refractivity contribution in [1.29, 1.82) is 0 Å². The summed E-state index contributed by atoms with van der Waals surface area (Å²) in [6, 6.07) is 35.5. The van der Waals surface area contributed by atoms with Crippen LogP contribution < -0.4 is 10.1 Å². The molecule has 232 valence electrons. The van der Waals surface area contributed by atoms with Gasteiger partial charge in [-0.25, -0.2) is 0 Å². The number of fused-ring (bicyclic) bond motifs is 2. The van der Waals surface area contributed by atoms with Crippen molar-refractivity contribution in [3.63, 3.8) is 0 Å². The third-order valence-corrected chi connectivity index (χ3v) is 9.41. The van der Waals surface area contributed by atoms with Gasteiger partial charge >= 0.3 is 0 Å². The number of benzene rings is 5. The van der Waals surface area contributed by atoms with E-state index in [-0.39, 0.29) is 22.4 Å². The Morgan fingerprint density at radius 2 is 1.15 bits per heavy atom. The number of anilines is 2. The fraction of sp³-hybridized carbons (Fsp3) is 0.220. The van der Waals surface area contributed by atoms with Crippen LogP contribution in [0.4, 0.5) is 11.4 Å². The topological polar surface area (TPSA) is 55.4 Å². The molecule has 1 N–H and O–H groups in total. The second-order valence-corrected chi connectivity index (χ2v) is 14.9. The average molecular weight is 626 g/mol. The molecule has 0 heterocycles. The van der Waals surface area contributed by atoms with Crippen molar-refractivity contribution < 1.29 is 14.3 Å². The van der Waals surface area contributed by atoms with E-state index in [1.807, 2.05) is 60.7 Å². The summed E-state index contributed by atoms with van der Waals surface area (Å²) in [6.07, 6.45) is 0. The summed E-state index contributed by atoms with van der Waals surface area (Å²) < 4.78 is 6.04. The van der Waals surface area contributed by atoms with Crippen LogP contribution in [0.1, 0.15) is 90.1 Å². The van der Waals surface area contributed by atoms with Gasteiger partial charge in [-0.15, -0.1) is 0 Å². The zero-order valence-electron chi connectivity index (χ0n) is 27.2. The molecule has 1 aliphatic carbocycles. The van der Waals surface area contributed by atoms with Gasteiger partial charge < -0.3 is 10.1 Å². The van der Waals surface area contributed by atoms with Crippen molar-refractivity contribution in [2.75, 3.05) is 5.32 Å². The summed E-state index contributed by atoms with van der Waals surface area (Å²) in [7, 11) is 0. The Kier molecular flexibility index (Phi) is 8.39. The van der Waals surface area contributed by atoms with Gasteiger partial charge in [0.15, 0.2) is 11.6 Å². The minimum Gasteiger partial charge on any atom is -0.489 e. The summed E-state index contributed by atoms with van der Waals surface area (Å²) in [6.45, 7) is 13.6. The van der Waals surface area contributed by atoms with E-state index in [0.29, 0.717) is 34.5 Å². The Labute approximate surface area is 276 Å². The molecule has 0 amide bonds. The minimum atomic E-state index is -0.152. The van der Waals surface area contributed by atoms with Crippen molar-refractivity contribution in [3.05, 3.63) is 148 Å². The van der Waals surface area contributed by atoms with Crippen LogP contribution in [0.3, 0.4) is 0 Å². The Bertz CT molecular complexity index is 1910. The normalized spacial score (nSPS) is 12.8. The van der Waals surface area contributed by atoms with Crippen molar-refractivity contribution in [2.24, 2.45) is 0 Å². The lowest BCUT2D eigenvalue weighted by Gasteiger charge is -2.23. The molecule has 0 fully saturated rings. The predicted octanol–water partition coefficient (Wildman–Crippen LogP) is 10.5. The molecular weight excluding hydrogens is 587 g/mol. The Balaban J connectivity index is 1.19. The largest absolute Gasteiger partial charge is 0.489 e. The van der Waals surface area contributed by atoms with E-state index in [1.54, 1.807) is 12.1 Å². The number of ketones is 2. The highest BCUT2D eigenvalue weighted by atomic mass is 32.2. The van der Waals surface area contributed by atoms with E-state index in [9.17, 15) is 9.59 Å². The van der Waals surface area contributed by atoms with Gasteiger partial charge in [0.1, 0.15) is 12.4 Å². The van der Waals surface area contributed by atoms with Gasteiger partial charge in [-0.1, -0.05) is 114 Å². The van der Waals surface area contributed by atoms with Gasteiger partial charge in [-0.3, -0.25) is 9.59 Å². The number of hydrogen-bond acceptors (Lipinski definition) is 5. The summed E-state index contributed by atoms with van der Waals surface area (Å²) >= 11 is 1.48. The third kappa shape index (κ3) is 6.52. The second kappa shape index (κ2) is 12.3. The maximum absolute atomic E-state index is 14.0. The van der Waals surface area contributed by atoms with Crippen LogP contribution in [-0.2, 0) is 17.4 Å². The molecule has 5 heteroatoms. The first kappa shape index (κ1) is 31.4. The molecule has 0 bridgehead atoms. The number of carbonyl (C=O) groups excluding carboxylic acids is 2. The van der Waals surface area contributed by atoms with Crippen LogP contribution in [0.15, 0.2) is 119 Å². The molecule has 0 unspecified atom stereocenters. The third-order valence-electron chi connectivity index (χ3n) is 8.34. The molecule has 46 heavy (non-hydrogen) atoms. The van der Waals surface area contributed by atoms with Crippen LogP contribution in [0.5, 0.6) is 5.75 Å². The lowest BCUT2D eigenvalue weighted by Crippen LogP contribution is -2.23. The first-order chi connectivity index (χ1) is 21.9. The van der Waals surface area contributed by atoms with E-state index in [4.69, 9.17) is 4.74 Å². The molecule has 6 rings (SSSR count). The van der Waals surface area contributed by atoms with Gasteiger partial charge in [0.25, 0.3) is 0 Å². The highest BCUT2D eigenvalue weighted by molar-refractivity contribution is 7.99. The fourth-order valence-corrected chi connectivity index (χ4v) is 6.58. The first-order valence-electron chi connectivity index (χ1n) is 15.6. The average Bonchev–Trinajstić information content (AvgIpc) is 3.03. The molecule has 4 nitrogen and oxygen atoms in total. The second-order valence-electron chi connectivity index (χ2n) is 13.8. The maximum atomic E-state index is 14.0.